The molecule has 13 heteroatoms. The summed E-state index contributed by atoms with van der Waals surface area (Å²) in [5.74, 6) is -5.09. The van der Waals surface area contributed by atoms with Crippen molar-refractivity contribution in [2.24, 2.45) is 23.7 Å². The molecule has 6 unspecified atom stereocenters. The van der Waals surface area contributed by atoms with E-state index in [1.54, 1.807) is 25.7 Å². The number of rotatable bonds is 7. The van der Waals surface area contributed by atoms with Crippen LogP contribution in [-0.2, 0) is 34.0 Å². The standard InChI is InChI=1S/C17H22F2NO8S.Rf/c1-4-10(21)28-14-9-5-8-11(15(22)20(7(2)3)13(8)14)12(9)16(23)27-6-17(18,19)29(24,25)26;/h6-9,11-14H,4-5H2,1-3H3,(H,24,25,26);/q-1;/p-1. The molecular weight excluding hydrogens is 683 g/mol. The van der Waals surface area contributed by atoms with E-state index in [0.717, 1.165) is 0 Å². The number of amides is 1. The Bertz CT molecular complexity index is 836. The molecule has 2 bridgehead atoms. The quantitative estimate of drug-likeness (QED) is 0.215. The fourth-order valence-electron chi connectivity index (χ4n) is 4.92. The number of halogens is 2. The van der Waals surface area contributed by atoms with E-state index in [1.165, 1.54) is 0 Å². The van der Waals surface area contributed by atoms with Crippen molar-refractivity contribution in [3.05, 3.63) is 6.61 Å². The van der Waals surface area contributed by atoms with E-state index in [4.69, 9.17) is 4.74 Å². The number of hydrogen-bond acceptors (Lipinski definition) is 8. The van der Waals surface area contributed by atoms with Crippen LogP contribution in [-0.4, -0.2) is 59.2 Å². The minimum atomic E-state index is -6.06. The molecule has 2 saturated carbocycles. The van der Waals surface area contributed by atoms with Crippen LogP contribution in [0.1, 0.15) is 33.6 Å². The predicted molar refractivity (Wildman–Crippen MR) is 89.6 cm³/mol. The Hall–Kier alpha value is -2.82. The molecule has 0 radical (unpaired) electrons. The molecule has 1 heterocycles. The molecule has 1 amide bonds. The van der Waals surface area contributed by atoms with Crippen LogP contribution in [0.25, 0.3) is 0 Å². The summed E-state index contributed by atoms with van der Waals surface area (Å²) in [6, 6.07) is -0.651. The SMILES string of the molecule is CCC(=O)OC1C2CC3C(C(=O)N(C(C)C)C31)C2C(=O)O[CH-]C(F)(F)S(=O)(=O)[O-].[Rf]. The molecule has 0 aromatic rings. The Labute approximate surface area is 166 Å². The van der Waals surface area contributed by atoms with E-state index >= 15 is 0 Å². The number of ether oxygens (including phenoxy) is 2. The number of hydrogen-bond donors (Lipinski definition) is 0. The van der Waals surface area contributed by atoms with E-state index in [1.807, 2.05) is 0 Å². The third kappa shape index (κ3) is 3.36. The van der Waals surface area contributed by atoms with Gasteiger partial charge >= 0.3 is 5.97 Å². The number of carbonyl (C=O) groups excluding carboxylic acids is 3. The van der Waals surface area contributed by atoms with Gasteiger partial charge in [-0.1, -0.05) is 13.5 Å². The summed E-state index contributed by atoms with van der Waals surface area (Å²) >= 11 is 0. The Morgan fingerprint density at radius 2 is 1.93 bits per heavy atom. The van der Waals surface area contributed by atoms with E-state index in [2.05, 4.69) is 4.74 Å². The van der Waals surface area contributed by atoms with E-state index < -0.39 is 63.8 Å². The van der Waals surface area contributed by atoms with Gasteiger partial charge in [0.1, 0.15) is 16.2 Å². The summed E-state index contributed by atoms with van der Waals surface area (Å²) in [4.78, 5) is 38.9. The average Bonchev–Trinajstić information content (AvgIpc) is 3.21. The molecule has 3 fully saturated rings. The Morgan fingerprint density at radius 3 is 2.43 bits per heavy atom. The van der Waals surface area contributed by atoms with Gasteiger partial charge in [0.25, 0.3) is 11.2 Å². The van der Waals surface area contributed by atoms with E-state index in [-0.39, 0.29) is 24.3 Å². The van der Waals surface area contributed by atoms with Crippen LogP contribution in [0.3, 0.4) is 0 Å². The molecule has 9 nitrogen and oxygen atoms in total. The van der Waals surface area contributed by atoms with Crippen LogP contribution in [0.15, 0.2) is 0 Å². The number of fused-ring (bicyclic) bond motifs is 1. The summed E-state index contributed by atoms with van der Waals surface area (Å²) in [6.45, 7) is 4.52. The van der Waals surface area contributed by atoms with Crippen LogP contribution >= 0.6 is 0 Å². The largest absolute Gasteiger partial charge is 0.746 e. The third-order valence-electron chi connectivity index (χ3n) is 5.94. The molecule has 0 N–H and O–H groups in total. The van der Waals surface area contributed by atoms with Crippen LogP contribution in [0.5, 0.6) is 0 Å². The number of carbonyl (C=O) groups is 3. The number of esters is 2. The molecule has 3 aliphatic rings. The smallest absolute Gasteiger partial charge is 0.305 e. The zero-order chi connectivity index (χ0) is 21.9. The van der Waals surface area contributed by atoms with Gasteiger partial charge in [0.2, 0.25) is 5.91 Å². The maximum absolute atomic E-state index is 13.3. The fraction of sp³-hybridized carbons (Fsp3) is 0.765. The second-order valence-electron chi connectivity index (χ2n) is 7.82. The maximum Gasteiger partial charge on any atom is 0.305 e. The van der Waals surface area contributed by atoms with Crippen molar-refractivity contribution in [3.63, 3.8) is 0 Å². The van der Waals surface area contributed by atoms with Gasteiger partial charge in [-0.15, -0.1) is 0 Å². The Morgan fingerprint density at radius 1 is 1.33 bits per heavy atom. The summed E-state index contributed by atoms with van der Waals surface area (Å²) in [7, 11) is -6.06. The second-order valence-corrected chi connectivity index (χ2v) is 9.28. The fourth-order valence-corrected chi connectivity index (χ4v) is 5.09. The molecular formula is C17H21F2NO8RfS-2. The van der Waals surface area contributed by atoms with Crippen molar-refractivity contribution in [1.29, 1.82) is 0 Å². The number of likely N-dealkylation sites (tertiary alicyclic amines) is 1. The monoisotopic (exact) mass is 704 g/mol. The topological polar surface area (TPSA) is 130 Å². The zero-order valence-corrected chi connectivity index (χ0v) is 23.8. The normalized spacial score (nSPS) is 32.4. The number of nitrogens with zero attached hydrogens (tertiary/aromatic N) is 1. The third-order valence-corrected chi connectivity index (χ3v) is 6.71. The van der Waals surface area contributed by atoms with Crippen LogP contribution in [0.2, 0.25) is 0 Å². The first-order valence-corrected chi connectivity index (χ1v) is 10.6. The van der Waals surface area contributed by atoms with Crippen molar-refractivity contribution < 1.29 is 45.6 Å². The van der Waals surface area contributed by atoms with Gasteiger partial charge in [-0.3, -0.25) is 14.4 Å². The first kappa shape index (κ1) is 23.5. The summed E-state index contributed by atoms with van der Waals surface area (Å²) in [5.41, 5.74) is 0. The zero-order valence-electron chi connectivity index (χ0n) is 16.6. The van der Waals surface area contributed by atoms with Gasteiger partial charge in [-0.2, -0.15) is 0 Å². The molecule has 0 aromatic carbocycles. The van der Waals surface area contributed by atoms with Crippen LogP contribution < -0.4 is 0 Å². The van der Waals surface area contributed by atoms with Gasteiger partial charge < -0.3 is 18.9 Å². The molecule has 166 valence electrons. The molecule has 6 atom stereocenters. The van der Waals surface area contributed by atoms with Gasteiger partial charge in [0.15, 0.2) is 0 Å². The van der Waals surface area contributed by atoms with E-state index in [9.17, 15) is 36.1 Å². The maximum atomic E-state index is 13.3. The predicted octanol–water partition coefficient (Wildman–Crippen LogP) is 0.652. The van der Waals surface area contributed by atoms with Crippen LogP contribution in [0.4, 0.5) is 8.78 Å². The van der Waals surface area contributed by atoms with Gasteiger partial charge in [-0.25, -0.2) is 17.2 Å². The number of alkyl halides is 2. The van der Waals surface area contributed by atoms with Crippen LogP contribution in [0, 0.1) is 30.3 Å². The molecule has 0 spiro atoms. The molecule has 30 heavy (non-hydrogen) atoms. The Balaban J connectivity index is 0.00000320. The molecule has 3 rings (SSSR count). The first-order valence-electron chi connectivity index (χ1n) is 9.21. The average molecular weight is 704 g/mol. The van der Waals surface area contributed by atoms with E-state index in [0.29, 0.717) is 6.42 Å². The van der Waals surface area contributed by atoms with Crippen molar-refractivity contribution in [1.82, 2.24) is 4.90 Å². The minimum Gasteiger partial charge on any atom is -0.746 e. The summed E-state index contributed by atoms with van der Waals surface area (Å²) in [5, 5.41) is -4.90. The molecule has 1 saturated heterocycles. The summed E-state index contributed by atoms with van der Waals surface area (Å²) < 4.78 is 68.2. The summed E-state index contributed by atoms with van der Waals surface area (Å²) in [6.07, 6.45) is -0.350. The minimum absolute atomic E-state index is 0. The van der Waals surface area contributed by atoms with Crippen molar-refractivity contribution in [2.45, 2.75) is 57.1 Å². The molecule has 0 aromatic heterocycles. The first-order chi connectivity index (χ1) is 13.3. The second kappa shape index (κ2) is 7.46. The van der Waals surface area contributed by atoms with Gasteiger partial charge in [-0.05, 0) is 26.2 Å². The van der Waals surface area contributed by atoms with Gasteiger partial charge in [0.05, 0.1) is 17.9 Å². The Kier molecular flexibility index (Phi) is 5.83. The van der Waals surface area contributed by atoms with Crippen molar-refractivity contribution in [3.8, 4) is 0 Å². The van der Waals surface area contributed by atoms with Crippen molar-refractivity contribution in [2.75, 3.05) is 0 Å². The molecule has 1 aliphatic heterocycles. The van der Waals surface area contributed by atoms with Gasteiger partial charge in [0, 0.05) is 18.4 Å². The van der Waals surface area contributed by atoms with Crippen molar-refractivity contribution >= 4 is 28.0 Å². The molecule has 2 aliphatic carbocycles.